The molecule has 2 atom stereocenters. The molecule has 192 valence electrons. The second-order valence-electron chi connectivity index (χ2n) is 8.71. The van der Waals surface area contributed by atoms with Crippen LogP contribution in [0.3, 0.4) is 0 Å². The Kier molecular flexibility index (Phi) is 8.28. The van der Waals surface area contributed by atoms with E-state index in [0.29, 0.717) is 25.3 Å². The number of allylic oxidation sites excluding steroid dienone is 1. The quantitative estimate of drug-likeness (QED) is 0.252. The molecule has 2 aromatic carbocycles. The Morgan fingerprint density at radius 3 is 2.81 bits per heavy atom. The zero-order valence-electron chi connectivity index (χ0n) is 20.4. The largest absolute Gasteiger partial charge is 0.459 e. The maximum atomic E-state index is 13.1. The predicted octanol–water partition coefficient (Wildman–Crippen LogP) is 5.71. The van der Waals surface area contributed by atoms with Crippen molar-refractivity contribution < 1.29 is 24.1 Å². The van der Waals surface area contributed by atoms with Gasteiger partial charge in [-0.2, -0.15) is 11.3 Å². The molecule has 2 aromatic heterocycles. The highest BCUT2D eigenvalue weighted by atomic mass is 32.1. The summed E-state index contributed by atoms with van der Waals surface area (Å²) in [5.74, 6) is -0.0863. The van der Waals surface area contributed by atoms with Gasteiger partial charge in [-0.1, -0.05) is 6.07 Å². The van der Waals surface area contributed by atoms with Gasteiger partial charge < -0.3 is 24.6 Å². The summed E-state index contributed by atoms with van der Waals surface area (Å²) >= 11 is 3.27. The first-order chi connectivity index (χ1) is 18.1. The van der Waals surface area contributed by atoms with Gasteiger partial charge in [0.05, 0.1) is 36.6 Å². The first-order valence-corrected chi connectivity index (χ1v) is 13.8. The lowest BCUT2D eigenvalue weighted by molar-refractivity contribution is -0.148. The third kappa shape index (κ3) is 6.44. The van der Waals surface area contributed by atoms with E-state index < -0.39 is 6.29 Å². The third-order valence-electron chi connectivity index (χ3n) is 5.95. The zero-order valence-corrected chi connectivity index (χ0v) is 22.0. The zero-order chi connectivity index (χ0) is 25.6. The normalized spacial score (nSPS) is 17.4. The lowest BCUT2D eigenvalue weighted by Gasteiger charge is -2.29. The Hall–Kier alpha value is -3.08. The molecule has 0 saturated heterocycles. The van der Waals surface area contributed by atoms with Gasteiger partial charge in [-0.25, -0.2) is 4.98 Å². The van der Waals surface area contributed by atoms with E-state index in [2.05, 4.69) is 35.8 Å². The Labute approximate surface area is 223 Å². The number of carbonyl (C=O) groups excluding carboxylic acids is 1. The molecule has 4 aromatic rings. The van der Waals surface area contributed by atoms with Crippen molar-refractivity contribution in [1.29, 1.82) is 0 Å². The summed E-state index contributed by atoms with van der Waals surface area (Å²) in [6, 6.07) is 16.0. The van der Waals surface area contributed by atoms with Gasteiger partial charge >= 0.3 is 0 Å². The molecule has 2 N–H and O–H groups in total. The SMILES string of the molecule is Cc1ccc2nc(-c3ccc(NC(=O)C4=C[C@@H](c5ccsc5)C[C@@H](OCCOCCO)O4)cc3)sc2c1. The van der Waals surface area contributed by atoms with Crippen molar-refractivity contribution >= 4 is 44.5 Å². The van der Waals surface area contributed by atoms with Gasteiger partial charge in [0.2, 0.25) is 6.29 Å². The maximum absolute atomic E-state index is 13.1. The van der Waals surface area contributed by atoms with Crippen molar-refractivity contribution in [3.05, 3.63) is 82.3 Å². The highest BCUT2D eigenvalue weighted by Crippen LogP contribution is 2.34. The number of thiazole rings is 1. The number of thiophene rings is 1. The molecule has 1 aliphatic rings. The van der Waals surface area contributed by atoms with Gasteiger partial charge in [-0.3, -0.25) is 4.79 Å². The molecule has 1 aliphatic heterocycles. The highest BCUT2D eigenvalue weighted by Gasteiger charge is 2.29. The number of amides is 1. The number of hydrogen-bond donors (Lipinski definition) is 2. The monoisotopic (exact) mass is 536 g/mol. The van der Waals surface area contributed by atoms with Crippen LogP contribution in [-0.2, 0) is 19.0 Å². The third-order valence-corrected chi connectivity index (χ3v) is 7.72. The molecule has 5 rings (SSSR count). The molecular formula is C28H28N2O5S2. The number of hydrogen-bond acceptors (Lipinski definition) is 8. The molecule has 0 fully saturated rings. The number of nitrogens with zero attached hydrogens (tertiary/aromatic N) is 1. The summed E-state index contributed by atoms with van der Waals surface area (Å²) in [4.78, 5) is 17.9. The van der Waals surface area contributed by atoms with E-state index in [0.717, 1.165) is 26.4 Å². The van der Waals surface area contributed by atoms with Crippen LogP contribution in [0.4, 0.5) is 5.69 Å². The van der Waals surface area contributed by atoms with Gasteiger partial charge in [-0.15, -0.1) is 11.3 Å². The average Bonchev–Trinajstić information content (AvgIpc) is 3.59. The fourth-order valence-corrected chi connectivity index (χ4v) is 5.88. The minimum absolute atomic E-state index is 0.00848. The van der Waals surface area contributed by atoms with Crippen LogP contribution in [0.1, 0.15) is 23.5 Å². The van der Waals surface area contributed by atoms with Gasteiger partial charge in [0.1, 0.15) is 5.01 Å². The standard InChI is InChI=1S/C28H28N2O5S2/c1-18-2-7-23-25(14-18)37-28(30-23)19-3-5-22(6-4-19)29-27(32)24-15-21(20-8-13-36-17-20)16-26(35-24)34-12-11-33-10-9-31/h2-8,13-15,17,21,26,31H,9-12,16H2,1H3,(H,29,32)/t21-,26+/m1/s1. The van der Waals surface area contributed by atoms with E-state index in [9.17, 15) is 4.79 Å². The number of fused-ring (bicyclic) bond motifs is 1. The molecule has 3 heterocycles. The van der Waals surface area contributed by atoms with Crippen LogP contribution in [-0.4, -0.2) is 48.7 Å². The van der Waals surface area contributed by atoms with Crippen LogP contribution >= 0.6 is 22.7 Å². The molecule has 0 bridgehead atoms. The number of aromatic nitrogens is 1. The summed E-state index contributed by atoms with van der Waals surface area (Å²) in [7, 11) is 0. The number of anilines is 1. The Morgan fingerprint density at radius 2 is 2.03 bits per heavy atom. The number of ether oxygens (including phenoxy) is 3. The lowest BCUT2D eigenvalue weighted by atomic mass is 9.95. The van der Waals surface area contributed by atoms with Gasteiger partial charge in [0.15, 0.2) is 5.76 Å². The molecule has 1 amide bonds. The van der Waals surface area contributed by atoms with Crippen molar-refractivity contribution in [1.82, 2.24) is 4.98 Å². The Bertz CT molecular complexity index is 1370. The summed E-state index contributed by atoms with van der Waals surface area (Å²) in [6.07, 6.45) is 1.89. The number of benzene rings is 2. The van der Waals surface area contributed by atoms with Crippen molar-refractivity contribution in [2.24, 2.45) is 0 Å². The van der Waals surface area contributed by atoms with Gasteiger partial charge in [0, 0.05) is 23.6 Å². The van der Waals surface area contributed by atoms with Crippen molar-refractivity contribution in [2.45, 2.75) is 25.6 Å². The van der Waals surface area contributed by atoms with Crippen LogP contribution < -0.4 is 5.32 Å². The fourth-order valence-electron chi connectivity index (χ4n) is 4.09. The van der Waals surface area contributed by atoms with Crippen molar-refractivity contribution in [3.8, 4) is 10.6 Å². The average molecular weight is 537 g/mol. The summed E-state index contributed by atoms with van der Waals surface area (Å²) in [6.45, 7) is 2.95. The number of rotatable bonds is 10. The van der Waals surface area contributed by atoms with Crippen LogP contribution in [0.5, 0.6) is 0 Å². The first kappa shape index (κ1) is 25.6. The van der Waals surface area contributed by atoms with E-state index >= 15 is 0 Å². The second kappa shape index (κ2) is 12.0. The Morgan fingerprint density at radius 1 is 1.16 bits per heavy atom. The molecular weight excluding hydrogens is 508 g/mol. The summed E-state index contributed by atoms with van der Waals surface area (Å²) in [5.41, 5.74) is 4.99. The number of aliphatic hydroxyl groups is 1. The van der Waals surface area contributed by atoms with E-state index in [1.165, 1.54) is 5.56 Å². The minimum atomic E-state index is -0.571. The van der Waals surface area contributed by atoms with E-state index in [4.69, 9.17) is 24.3 Å². The smallest absolute Gasteiger partial charge is 0.290 e. The lowest BCUT2D eigenvalue weighted by Crippen LogP contribution is -2.30. The summed E-state index contributed by atoms with van der Waals surface area (Å²) < 4.78 is 18.2. The number of aryl methyl sites for hydroxylation is 1. The van der Waals surface area contributed by atoms with E-state index in [1.54, 1.807) is 22.7 Å². The fraction of sp³-hybridized carbons (Fsp3) is 0.286. The molecule has 0 saturated carbocycles. The minimum Gasteiger partial charge on any atom is -0.459 e. The van der Waals surface area contributed by atoms with Crippen LogP contribution in [0.2, 0.25) is 0 Å². The van der Waals surface area contributed by atoms with Crippen LogP contribution in [0, 0.1) is 6.92 Å². The van der Waals surface area contributed by atoms with Crippen molar-refractivity contribution in [2.75, 3.05) is 31.7 Å². The molecule has 0 radical (unpaired) electrons. The number of carbonyl (C=O) groups is 1. The van der Waals surface area contributed by atoms with Gasteiger partial charge in [0.25, 0.3) is 5.91 Å². The van der Waals surface area contributed by atoms with Gasteiger partial charge in [-0.05, 0) is 77.4 Å². The maximum Gasteiger partial charge on any atom is 0.290 e. The highest BCUT2D eigenvalue weighted by molar-refractivity contribution is 7.21. The van der Waals surface area contributed by atoms with Crippen molar-refractivity contribution in [3.63, 3.8) is 0 Å². The molecule has 0 spiro atoms. The van der Waals surface area contributed by atoms with Crippen LogP contribution in [0.15, 0.2) is 71.1 Å². The topological polar surface area (TPSA) is 89.9 Å². The Balaban J connectivity index is 1.26. The number of nitrogens with one attached hydrogen (secondary N) is 1. The van der Waals surface area contributed by atoms with E-state index in [-0.39, 0.29) is 30.8 Å². The molecule has 0 unspecified atom stereocenters. The predicted molar refractivity (Wildman–Crippen MR) is 147 cm³/mol. The molecule has 9 heteroatoms. The second-order valence-corrected chi connectivity index (χ2v) is 10.5. The molecule has 37 heavy (non-hydrogen) atoms. The van der Waals surface area contributed by atoms with Crippen LogP contribution in [0.25, 0.3) is 20.8 Å². The number of aliphatic hydroxyl groups excluding tert-OH is 1. The first-order valence-electron chi connectivity index (χ1n) is 12.1. The van der Waals surface area contributed by atoms with E-state index in [1.807, 2.05) is 41.8 Å². The summed E-state index contributed by atoms with van der Waals surface area (Å²) in [5, 5.41) is 16.8. The molecule has 7 nitrogen and oxygen atoms in total. The molecule has 0 aliphatic carbocycles.